The van der Waals surface area contributed by atoms with Crippen LogP contribution in [0.5, 0.6) is 5.75 Å². The number of nitrogens with one attached hydrogen (secondary N) is 1. The third kappa shape index (κ3) is 3.08. The lowest BCUT2D eigenvalue weighted by Gasteiger charge is -2.16. The molecule has 1 aromatic carbocycles. The fourth-order valence-electron chi connectivity index (χ4n) is 1.76. The molecule has 0 amide bonds. The normalized spacial score (nSPS) is 12.1. The minimum absolute atomic E-state index is 0.268. The molecule has 3 nitrogen and oxygen atoms in total. The Morgan fingerprint density at radius 3 is 2.67 bits per heavy atom. The van der Waals surface area contributed by atoms with E-state index in [9.17, 15) is 0 Å². The van der Waals surface area contributed by atoms with E-state index in [1.165, 1.54) is 0 Å². The number of aromatic nitrogens is 1. The Hall–Kier alpha value is -1.87. The van der Waals surface area contributed by atoms with Gasteiger partial charge < -0.3 is 10.1 Å². The predicted octanol–water partition coefficient (Wildman–Crippen LogP) is 2.94. The molecule has 18 heavy (non-hydrogen) atoms. The largest absolute Gasteiger partial charge is 0.487 e. The molecule has 94 valence electrons. The van der Waals surface area contributed by atoms with Crippen molar-refractivity contribution in [1.82, 2.24) is 10.3 Å². The number of hydrogen-bond donors (Lipinski definition) is 1. The Bertz CT molecular complexity index is 485. The van der Waals surface area contributed by atoms with E-state index in [4.69, 9.17) is 4.74 Å². The first-order valence-electron chi connectivity index (χ1n) is 6.10. The molecule has 2 aromatic rings. The van der Waals surface area contributed by atoms with E-state index in [-0.39, 0.29) is 6.04 Å². The maximum absolute atomic E-state index is 5.84. The van der Waals surface area contributed by atoms with Crippen molar-refractivity contribution in [2.24, 2.45) is 0 Å². The fraction of sp³-hybridized carbons (Fsp3) is 0.267. The van der Waals surface area contributed by atoms with Crippen LogP contribution in [-0.4, -0.2) is 12.0 Å². The van der Waals surface area contributed by atoms with Crippen molar-refractivity contribution in [2.45, 2.75) is 19.6 Å². The Morgan fingerprint density at radius 2 is 1.94 bits per heavy atom. The minimum Gasteiger partial charge on any atom is -0.487 e. The third-order valence-corrected chi connectivity index (χ3v) is 2.92. The SMILES string of the molecule is CNC(C)c1ccccc1OCc1ccccn1. The number of hydrogen-bond acceptors (Lipinski definition) is 3. The highest BCUT2D eigenvalue weighted by Crippen LogP contribution is 2.25. The van der Waals surface area contributed by atoms with Crippen LogP contribution in [0.15, 0.2) is 48.7 Å². The predicted molar refractivity (Wildman–Crippen MR) is 72.5 cm³/mol. The van der Waals surface area contributed by atoms with Crippen LogP contribution >= 0.6 is 0 Å². The molecular weight excluding hydrogens is 224 g/mol. The zero-order valence-electron chi connectivity index (χ0n) is 10.8. The van der Waals surface area contributed by atoms with Crippen LogP contribution in [-0.2, 0) is 6.61 Å². The molecule has 0 spiro atoms. The van der Waals surface area contributed by atoms with Gasteiger partial charge in [0.25, 0.3) is 0 Å². The van der Waals surface area contributed by atoms with E-state index in [1.807, 2.05) is 43.4 Å². The molecule has 2 rings (SSSR count). The van der Waals surface area contributed by atoms with Gasteiger partial charge in [0.05, 0.1) is 5.69 Å². The molecule has 0 radical (unpaired) electrons. The summed E-state index contributed by atoms with van der Waals surface area (Å²) in [7, 11) is 1.94. The topological polar surface area (TPSA) is 34.1 Å². The van der Waals surface area contributed by atoms with Gasteiger partial charge in [0, 0.05) is 17.8 Å². The first-order chi connectivity index (χ1) is 8.81. The van der Waals surface area contributed by atoms with Crippen molar-refractivity contribution in [2.75, 3.05) is 7.05 Å². The lowest BCUT2D eigenvalue weighted by atomic mass is 10.1. The zero-order valence-corrected chi connectivity index (χ0v) is 10.8. The molecule has 1 heterocycles. The molecule has 1 unspecified atom stereocenters. The maximum atomic E-state index is 5.84. The average Bonchev–Trinajstić information content (AvgIpc) is 2.45. The molecule has 0 saturated carbocycles. The van der Waals surface area contributed by atoms with Crippen LogP contribution in [0.2, 0.25) is 0 Å². The van der Waals surface area contributed by atoms with Gasteiger partial charge in [0.2, 0.25) is 0 Å². The highest BCUT2D eigenvalue weighted by Gasteiger charge is 2.09. The molecule has 1 atom stereocenters. The lowest BCUT2D eigenvalue weighted by molar-refractivity contribution is 0.295. The molecule has 0 bridgehead atoms. The Morgan fingerprint density at radius 1 is 1.17 bits per heavy atom. The Labute approximate surface area is 108 Å². The summed E-state index contributed by atoms with van der Waals surface area (Å²) in [5.74, 6) is 0.907. The lowest BCUT2D eigenvalue weighted by Crippen LogP contribution is -2.13. The third-order valence-electron chi connectivity index (χ3n) is 2.92. The summed E-state index contributed by atoms with van der Waals surface area (Å²) >= 11 is 0. The van der Waals surface area contributed by atoms with Gasteiger partial charge in [-0.2, -0.15) is 0 Å². The number of rotatable bonds is 5. The number of benzene rings is 1. The van der Waals surface area contributed by atoms with E-state index >= 15 is 0 Å². The minimum atomic E-state index is 0.268. The van der Waals surface area contributed by atoms with Gasteiger partial charge in [-0.15, -0.1) is 0 Å². The zero-order chi connectivity index (χ0) is 12.8. The Balaban J connectivity index is 2.10. The van der Waals surface area contributed by atoms with Crippen molar-refractivity contribution in [3.05, 3.63) is 59.9 Å². The van der Waals surface area contributed by atoms with Crippen LogP contribution in [0.1, 0.15) is 24.2 Å². The number of para-hydroxylation sites is 1. The quantitative estimate of drug-likeness (QED) is 0.875. The second kappa shape index (κ2) is 6.17. The van der Waals surface area contributed by atoms with E-state index in [0.29, 0.717) is 6.61 Å². The van der Waals surface area contributed by atoms with E-state index in [1.54, 1.807) is 6.20 Å². The first kappa shape index (κ1) is 12.6. The standard InChI is InChI=1S/C15H18N2O/c1-12(16-2)14-8-3-4-9-15(14)18-11-13-7-5-6-10-17-13/h3-10,12,16H,11H2,1-2H3. The van der Waals surface area contributed by atoms with Crippen molar-refractivity contribution in [3.63, 3.8) is 0 Å². The van der Waals surface area contributed by atoms with Crippen molar-refractivity contribution < 1.29 is 4.74 Å². The van der Waals surface area contributed by atoms with Gasteiger partial charge in [0.1, 0.15) is 12.4 Å². The highest BCUT2D eigenvalue weighted by molar-refractivity contribution is 5.35. The summed E-state index contributed by atoms with van der Waals surface area (Å²) in [5.41, 5.74) is 2.10. The maximum Gasteiger partial charge on any atom is 0.130 e. The summed E-state index contributed by atoms with van der Waals surface area (Å²) in [4.78, 5) is 4.25. The van der Waals surface area contributed by atoms with Crippen molar-refractivity contribution in [3.8, 4) is 5.75 Å². The molecule has 1 N–H and O–H groups in total. The molecule has 0 aliphatic heterocycles. The van der Waals surface area contributed by atoms with Crippen LogP contribution in [0.25, 0.3) is 0 Å². The number of ether oxygens (including phenoxy) is 1. The molecular formula is C15H18N2O. The highest BCUT2D eigenvalue weighted by atomic mass is 16.5. The van der Waals surface area contributed by atoms with E-state index in [0.717, 1.165) is 17.0 Å². The number of pyridine rings is 1. The summed E-state index contributed by atoms with van der Waals surface area (Å²) in [6.45, 7) is 2.61. The summed E-state index contributed by atoms with van der Waals surface area (Å²) in [5, 5.41) is 3.22. The average molecular weight is 242 g/mol. The van der Waals surface area contributed by atoms with Gasteiger partial charge >= 0.3 is 0 Å². The van der Waals surface area contributed by atoms with Crippen LogP contribution in [0.3, 0.4) is 0 Å². The summed E-state index contributed by atoms with van der Waals surface area (Å²) in [6, 6.07) is 14.2. The van der Waals surface area contributed by atoms with Gasteiger partial charge in [-0.1, -0.05) is 24.3 Å². The van der Waals surface area contributed by atoms with E-state index in [2.05, 4.69) is 23.3 Å². The van der Waals surface area contributed by atoms with Gasteiger partial charge in [-0.25, -0.2) is 0 Å². The monoisotopic (exact) mass is 242 g/mol. The number of nitrogens with zero attached hydrogens (tertiary/aromatic N) is 1. The fourth-order valence-corrected chi connectivity index (χ4v) is 1.76. The second-order valence-electron chi connectivity index (χ2n) is 4.16. The smallest absolute Gasteiger partial charge is 0.130 e. The molecule has 1 aromatic heterocycles. The van der Waals surface area contributed by atoms with Gasteiger partial charge in [0.15, 0.2) is 0 Å². The second-order valence-corrected chi connectivity index (χ2v) is 4.16. The molecule has 0 fully saturated rings. The summed E-state index contributed by atoms with van der Waals surface area (Å²) in [6.07, 6.45) is 1.78. The van der Waals surface area contributed by atoms with E-state index < -0.39 is 0 Å². The van der Waals surface area contributed by atoms with Crippen LogP contribution in [0.4, 0.5) is 0 Å². The van der Waals surface area contributed by atoms with Gasteiger partial charge in [-0.05, 0) is 32.2 Å². The Kier molecular flexibility index (Phi) is 4.31. The first-order valence-corrected chi connectivity index (χ1v) is 6.10. The van der Waals surface area contributed by atoms with Crippen LogP contribution < -0.4 is 10.1 Å². The van der Waals surface area contributed by atoms with Crippen LogP contribution in [0, 0.1) is 0 Å². The van der Waals surface area contributed by atoms with Crippen molar-refractivity contribution in [1.29, 1.82) is 0 Å². The van der Waals surface area contributed by atoms with Gasteiger partial charge in [-0.3, -0.25) is 4.98 Å². The molecule has 0 aliphatic carbocycles. The molecule has 0 aliphatic rings. The van der Waals surface area contributed by atoms with Crippen molar-refractivity contribution >= 4 is 0 Å². The molecule has 0 saturated heterocycles. The molecule has 3 heteroatoms. The summed E-state index contributed by atoms with van der Waals surface area (Å²) < 4.78 is 5.84.